The Hall–Kier alpha value is -2.54. The van der Waals surface area contributed by atoms with Gasteiger partial charge in [0.25, 0.3) is 5.91 Å². The minimum Gasteiger partial charge on any atom is -0.496 e. The second-order valence-electron chi connectivity index (χ2n) is 5.09. The van der Waals surface area contributed by atoms with E-state index in [0.29, 0.717) is 29.3 Å². The fraction of sp³-hybridized carbons (Fsp3) is 0.294. The Labute approximate surface area is 144 Å². The summed E-state index contributed by atoms with van der Waals surface area (Å²) >= 11 is 1.38. The first kappa shape index (κ1) is 17.8. The first-order valence-corrected chi connectivity index (χ1v) is 8.10. The maximum Gasteiger partial charge on any atom is 0.335 e. The Morgan fingerprint density at radius 2 is 1.88 bits per heavy atom. The molecule has 0 unspecified atom stereocenters. The Balaban J connectivity index is 2.01. The monoisotopic (exact) mass is 349 g/mol. The van der Waals surface area contributed by atoms with Crippen molar-refractivity contribution in [2.24, 2.45) is 0 Å². The number of nitrogens with one attached hydrogen (secondary N) is 1. The summed E-state index contributed by atoms with van der Waals surface area (Å²) in [6.45, 7) is 2.32. The van der Waals surface area contributed by atoms with E-state index >= 15 is 0 Å². The van der Waals surface area contributed by atoms with Gasteiger partial charge in [-0.1, -0.05) is 6.07 Å². The maximum atomic E-state index is 12.2. The summed E-state index contributed by atoms with van der Waals surface area (Å²) < 4.78 is 10.4. The molecule has 1 aromatic heterocycles. The van der Waals surface area contributed by atoms with E-state index in [1.54, 1.807) is 6.07 Å². The molecule has 0 radical (unpaired) electrons. The summed E-state index contributed by atoms with van der Waals surface area (Å²) in [5.41, 5.74) is 0.996. The molecule has 7 heteroatoms. The van der Waals surface area contributed by atoms with Crippen LogP contribution in [-0.2, 0) is 6.42 Å². The number of amides is 1. The molecule has 0 bridgehead atoms. The predicted molar refractivity (Wildman–Crippen MR) is 91.6 cm³/mol. The molecular formula is C17H19NO5S. The van der Waals surface area contributed by atoms with E-state index in [4.69, 9.17) is 14.6 Å². The summed E-state index contributed by atoms with van der Waals surface area (Å²) in [6.07, 6.45) is 0.529. The van der Waals surface area contributed by atoms with E-state index in [1.807, 2.05) is 13.0 Å². The van der Waals surface area contributed by atoms with Crippen LogP contribution in [0, 0.1) is 6.92 Å². The van der Waals surface area contributed by atoms with E-state index in [9.17, 15) is 9.59 Å². The number of ether oxygens (including phenoxy) is 2. The predicted octanol–water partition coefficient (Wildman–Crippen LogP) is 2.74. The van der Waals surface area contributed by atoms with Crippen LogP contribution in [0.4, 0.5) is 0 Å². The number of rotatable bonds is 7. The molecule has 2 N–H and O–H groups in total. The van der Waals surface area contributed by atoms with Crippen LogP contribution in [0.25, 0.3) is 0 Å². The Morgan fingerprint density at radius 1 is 1.17 bits per heavy atom. The zero-order chi connectivity index (χ0) is 17.7. The highest BCUT2D eigenvalue weighted by atomic mass is 32.1. The molecule has 0 spiro atoms. The molecule has 128 valence electrons. The minimum atomic E-state index is -1.01. The highest BCUT2D eigenvalue weighted by molar-refractivity contribution is 7.14. The summed E-state index contributed by atoms with van der Waals surface area (Å²) in [4.78, 5) is 24.8. The molecule has 0 fully saturated rings. The van der Waals surface area contributed by atoms with Gasteiger partial charge >= 0.3 is 5.97 Å². The summed E-state index contributed by atoms with van der Waals surface area (Å²) in [6, 6.07) is 6.52. The van der Waals surface area contributed by atoms with E-state index in [2.05, 4.69) is 5.32 Å². The molecule has 2 aromatic rings. The van der Waals surface area contributed by atoms with Crippen molar-refractivity contribution in [3.63, 3.8) is 0 Å². The van der Waals surface area contributed by atoms with Crippen LogP contribution in [0.15, 0.2) is 24.3 Å². The quantitative estimate of drug-likeness (QED) is 0.803. The smallest absolute Gasteiger partial charge is 0.335 e. The molecule has 0 atom stereocenters. The van der Waals surface area contributed by atoms with Crippen LogP contribution in [0.1, 0.15) is 30.5 Å². The topological polar surface area (TPSA) is 84.9 Å². The summed E-state index contributed by atoms with van der Waals surface area (Å²) in [5.74, 6) is -0.133. The highest BCUT2D eigenvalue weighted by Crippen LogP contribution is 2.28. The standard InChI is InChI=1S/C17H19NO5S/c1-10-8-14(23-3)15(24-10)16(19)18-7-6-11-4-5-12(17(20)21)9-13(11)22-2/h4-5,8-9H,6-7H2,1-3H3,(H,18,19)(H,20,21). The van der Waals surface area contributed by atoms with Crippen molar-refractivity contribution < 1.29 is 24.2 Å². The second-order valence-corrected chi connectivity index (χ2v) is 6.35. The lowest BCUT2D eigenvalue weighted by atomic mass is 10.1. The SMILES string of the molecule is COc1cc(C(=O)O)ccc1CCNC(=O)c1sc(C)cc1OC. The molecule has 0 aliphatic rings. The second kappa shape index (κ2) is 7.83. The van der Waals surface area contributed by atoms with Gasteiger partial charge in [0.2, 0.25) is 0 Å². The van der Waals surface area contributed by atoms with Crippen LogP contribution < -0.4 is 14.8 Å². The van der Waals surface area contributed by atoms with Crippen LogP contribution in [0.3, 0.4) is 0 Å². The van der Waals surface area contributed by atoms with E-state index < -0.39 is 5.97 Å². The van der Waals surface area contributed by atoms with Crippen molar-refractivity contribution in [3.05, 3.63) is 45.1 Å². The molecule has 0 saturated carbocycles. The van der Waals surface area contributed by atoms with Crippen LogP contribution >= 0.6 is 11.3 Å². The Bertz CT molecular complexity index is 753. The highest BCUT2D eigenvalue weighted by Gasteiger charge is 2.16. The minimum absolute atomic E-state index is 0.165. The number of benzene rings is 1. The van der Waals surface area contributed by atoms with Gasteiger partial charge in [0, 0.05) is 11.4 Å². The van der Waals surface area contributed by atoms with Gasteiger partial charge < -0.3 is 19.9 Å². The molecule has 2 rings (SSSR count). The van der Waals surface area contributed by atoms with Crippen molar-refractivity contribution >= 4 is 23.2 Å². The average molecular weight is 349 g/mol. The average Bonchev–Trinajstić information content (AvgIpc) is 2.95. The van der Waals surface area contributed by atoms with Crippen molar-refractivity contribution in [3.8, 4) is 11.5 Å². The summed E-state index contributed by atoms with van der Waals surface area (Å²) in [5, 5.41) is 11.8. The molecule has 0 aliphatic heterocycles. The number of hydrogen-bond donors (Lipinski definition) is 2. The molecule has 24 heavy (non-hydrogen) atoms. The first-order valence-electron chi connectivity index (χ1n) is 7.29. The maximum absolute atomic E-state index is 12.2. The fourth-order valence-corrected chi connectivity index (χ4v) is 3.17. The first-order chi connectivity index (χ1) is 11.5. The van der Waals surface area contributed by atoms with Gasteiger partial charge in [-0.2, -0.15) is 0 Å². The Morgan fingerprint density at radius 3 is 2.50 bits per heavy atom. The van der Waals surface area contributed by atoms with E-state index in [-0.39, 0.29) is 11.5 Å². The number of methoxy groups -OCH3 is 2. The van der Waals surface area contributed by atoms with Gasteiger partial charge in [0.05, 0.1) is 19.8 Å². The lowest BCUT2D eigenvalue weighted by Gasteiger charge is -2.10. The summed E-state index contributed by atoms with van der Waals surface area (Å²) in [7, 11) is 3.02. The number of thiophene rings is 1. The van der Waals surface area contributed by atoms with Gasteiger partial charge in [-0.25, -0.2) is 4.79 Å². The zero-order valence-corrected chi connectivity index (χ0v) is 14.5. The number of carboxylic acids is 1. The van der Waals surface area contributed by atoms with Crippen molar-refractivity contribution in [1.29, 1.82) is 0 Å². The molecular weight excluding hydrogens is 330 g/mol. The number of carbonyl (C=O) groups is 2. The lowest BCUT2D eigenvalue weighted by molar-refractivity contribution is 0.0696. The van der Waals surface area contributed by atoms with Crippen molar-refractivity contribution in [2.45, 2.75) is 13.3 Å². The lowest BCUT2D eigenvalue weighted by Crippen LogP contribution is -2.25. The normalized spacial score (nSPS) is 10.3. The number of carbonyl (C=O) groups excluding carboxylic acids is 1. The van der Waals surface area contributed by atoms with Crippen molar-refractivity contribution in [1.82, 2.24) is 5.32 Å². The number of carboxylic acid groups (broad SMARTS) is 1. The van der Waals surface area contributed by atoms with Gasteiger partial charge in [-0.15, -0.1) is 11.3 Å². The van der Waals surface area contributed by atoms with Crippen LogP contribution in [0.5, 0.6) is 11.5 Å². The molecule has 1 aromatic carbocycles. The Kier molecular flexibility index (Phi) is 5.81. The van der Waals surface area contributed by atoms with Gasteiger partial charge in [0.15, 0.2) is 0 Å². The zero-order valence-electron chi connectivity index (χ0n) is 13.7. The van der Waals surface area contributed by atoms with Gasteiger partial charge in [0.1, 0.15) is 16.4 Å². The molecule has 0 aliphatic carbocycles. The number of hydrogen-bond acceptors (Lipinski definition) is 5. The third-order valence-corrected chi connectivity index (χ3v) is 4.49. The van der Waals surface area contributed by atoms with Crippen LogP contribution in [0.2, 0.25) is 0 Å². The number of aryl methyl sites for hydroxylation is 1. The molecule has 1 amide bonds. The van der Waals surface area contributed by atoms with E-state index in [0.717, 1.165) is 10.4 Å². The number of aromatic carboxylic acids is 1. The van der Waals surface area contributed by atoms with Gasteiger partial charge in [-0.05, 0) is 37.1 Å². The third kappa shape index (κ3) is 4.05. The molecule has 1 heterocycles. The van der Waals surface area contributed by atoms with Crippen LogP contribution in [-0.4, -0.2) is 37.7 Å². The van der Waals surface area contributed by atoms with Gasteiger partial charge in [-0.3, -0.25) is 4.79 Å². The third-order valence-electron chi connectivity index (χ3n) is 3.46. The largest absolute Gasteiger partial charge is 0.496 e. The fourth-order valence-electron chi connectivity index (χ4n) is 2.28. The molecule has 6 nitrogen and oxygen atoms in total. The van der Waals surface area contributed by atoms with Crippen molar-refractivity contribution in [2.75, 3.05) is 20.8 Å². The molecule has 0 saturated heterocycles. The van der Waals surface area contributed by atoms with E-state index in [1.165, 1.54) is 37.7 Å².